The Hall–Kier alpha value is -1.10. The summed E-state index contributed by atoms with van der Waals surface area (Å²) in [5.74, 6) is -1.06. The van der Waals surface area contributed by atoms with Gasteiger partial charge in [-0.15, -0.1) is 11.6 Å². The Balaban J connectivity index is 2.24. The Labute approximate surface area is 130 Å². The van der Waals surface area contributed by atoms with Gasteiger partial charge in [0.1, 0.15) is 5.38 Å². The van der Waals surface area contributed by atoms with Gasteiger partial charge in [0.25, 0.3) is 0 Å². The van der Waals surface area contributed by atoms with Gasteiger partial charge in [0, 0.05) is 11.3 Å². The van der Waals surface area contributed by atoms with E-state index >= 15 is 0 Å². The maximum Gasteiger partial charge on any atom is 0.242 e. The maximum absolute atomic E-state index is 11.7. The third-order valence-corrected chi connectivity index (χ3v) is 4.05. The summed E-state index contributed by atoms with van der Waals surface area (Å²) in [6, 6.07) is 7.45. The van der Waals surface area contributed by atoms with Crippen LogP contribution in [-0.2, 0) is 20.1 Å². The molecule has 1 aliphatic rings. The Morgan fingerprint density at radius 2 is 2.05 bits per heavy atom. The third kappa shape index (κ3) is 3.39. The van der Waals surface area contributed by atoms with Crippen LogP contribution in [0.2, 0.25) is 0 Å². The van der Waals surface area contributed by atoms with Gasteiger partial charge in [-0.05, 0) is 46.8 Å². The molecule has 0 saturated carbocycles. The second kappa shape index (κ2) is 5.59. The van der Waals surface area contributed by atoms with Gasteiger partial charge < -0.3 is 14.8 Å². The normalized spacial score (nSPS) is 29.1. The Morgan fingerprint density at radius 1 is 1.38 bits per heavy atom. The molecule has 1 aromatic carbocycles. The zero-order valence-electron chi connectivity index (χ0n) is 13.1. The lowest BCUT2D eigenvalue weighted by molar-refractivity contribution is -0.179. The molecule has 1 aliphatic heterocycles. The van der Waals surface area contributed by atoms with Crippen molar-refractivity contribution < 1.29 is 14.3 Å². The van der Waals surface area contributed by atoms with E-state index in [1.54, 1.807) is 6.92 Å². The average molecular weight is 312 g/mol. The molecule has 3 unspecified atom stereocenters. The molecule has 3 atom stereocenters. The molecule has 0 radical (unpaired) electrons. The summed E-state index contributed by atoms with van der Waals surface area (Å²) in [5, 5.41) is 2.19. The molecule has 5 heteroatoms. The van der Waals surface area contributed by atoms with E-state index in [9.17, 15) is 4.79 Å². The van der Waals surface area contributed by atoms with Gasteiger partial charge in [0.2, 0.25) is 5.91 Å². The van der Waals surface area contributed by atoms with Crippen molar-refractivity contribution in [2.24, 2.45) is 0 Å². The third-order valence-electron chi connectivity index (χ3n) is 3.85. The predicted molar refractivity (Wildman–Crippen MR) is 83.4 cm³/mol. The van der Waals surface area contributed by atoms with Crippen LogP contribution in [0.25, 0.3) is 0 Å². The molecule has 116 valence electrons. The molecule has 1 saturated heterocycles. The highest BCUT2D eigenvalue weighted by Gasteiger charge is 2.48. The first-order chi connectivity index (χ1) is 9.64. The van der Waals surface area contributed by atoms with Gasteiger partial charge >= 0.3 is 0 Å². The van der Waals surface area contributed by atoms with Crippen molar-refractivity contribution in [2.45, 2.75) is 57.5 Å². The number of alkyl halides is 1. The minimum atomic E-state index is -0.823. The summed E-state index contributed by atoms with van der Waals surface area (Å²) < 4.78 is 12.1. The van der Waals surface area contributed by atoms with Gasteiger partial charge in [-0.25, -0.2) is 0 Å². The van der Waals surface area contributed by atoms with E-state index in [4.69, 9.17) is 21.1 Å². The molecular weight excluding hydrogens is 290 g/mol. The minimum absolute atomic E-state index is 0.0244. The molecule has 21 heavy (non-hydrogen) atoms. The molecule has 0 bridgehead atoms. The molecule has 0 spiro atoms. The second-order valence-electron chi connectivity index (χ2n) is 6.10. The SMILES string of the molecule is CC(Cl)C(=O)Nc1cccc(C2(C)OC(C)C(C)(C)O2)c1. The van der Waals surface area contributed by atoms with Crippen LogP contribution in [0, 0.1) is 0 Å². The van der Waals surface area contributed by atoms with Crippen LogP contribution in [0.15, 0.2) is 24.3 Å². The van der Waals surface area contributed by atoms with E-state index < -0.39 is 11.2 Å². The maximum atomic E-state index is 11.7. The molecule has 1 amide bonds. The highest BCUT2D eigenvalue weighted by atomic mass is 35.5. The number of nitrogens with one attached hydrogen (secondary N) is 1. The van der Waals surface area contributed by atoms with Gasteiger partial charge in [0.15, 0.2) is 5.79 Å². The quantitative estimate of drug-likeness (QED) is 0.867. The van der Waals surface area contributed by atoms with Crippen molar-refractivity contribution in [2.75, 3.05) is 5.32 Å². The molecule has 1 N–H and O–H groups in total. The van der Waals surface area contributed by atoms with Crippen LogP contribution in [-0.4, -0.2) is 23.0 Å². The summed E-state index contributed by atoms with van der Waals surface area (Å²) in [5.41, 5.74) is 1.18. The van der Waals surface area contributed by atoms with Crippen molar-refractivity contribution in [1.82, 2.24) is 0 Å². The molecule has 1 fully saturated rings. The zero-order valence-corrected chi connectivity index (χ0v) is 13.8. The topological polar surface area (TPSA) is 47.6 Å². The van der Waals surface area contributed by atoms with E-state index in [2.05, 4.69) is 5.32 Å². The van der Waals surface area contributed by atoms with Crippen molar-refractivity contribution in [3.8, 4) is 0 Å². The molecular formula is C16H22ClNO3. The van der Waals surface area contributed by atoms with Crippen molar-refractivity contribution >= 4 is 23.2 Å². The standard InChI is InChI=1S/C16H22ClNO3/c1-10(17)14(19)18-13-8-6-7-12(9-13)16(5)20-11(2)15(3,4)21-16/h6-11H,1-5H3,(H,18,19). The van der Waals surface area contributed by atoms with Crippen LogP contribution in [0.4, 0.5) is 5.69 Å². The predicted octanol–water partition coefficient (Wildman–Crippen LogP) is 3.64. The summed E-state index contributed by atoms with van der Waals surface area (Å²) in [6.07, 6.45) is -0.0244. The first-order valence-electron chi connectivity index (χ1n) is 7.07. The first kappa shape index (κ1) is 16.3. The van der Waals surface area contributed by atoms with Crippen LogP contribution in [0.1, 0.15) is 40.2 Å². The lowest BCUT2D eigenvalue weighted by atomic mass is 10.0. The number of carbonyl (C=O) groups is 1. The Bertz CT molecular complexity index is 544. The van der Waals surface area contributed by atoms with Gasteiger partial charge in [0.05, 0.1) is 11.7 Å². The van der Waals surface area contributed by atoms with Crippen molar-refractivity contribution in [3.63, 3.8) is 0 Å². The molecule has 0 aromatic heterocycles. The fourth-order valence-corrected chi connectivity index (χ4v) is 2.39. The number of rotatable bonds is 3. The summed E-state index contributed by atoms with van der Waals surface area (Å²) >= 11 is 5.77. The number of amides is 1. The summed E-state index contributed by atoms with van der Waals surface area (Å²) in [6.45, 7) is 9.53. The Kier molecular flexibility index (Phi) is 4.34. The lowest BCUT2D eigenvalue weighted by Crippen LogP contribution is -2.31. The first-order valence-corrected chi connectivity index (χ1v) is 7.51. The molecule has 2 rings (SSSR count). The molecule has 1 aromatic rings. The summed E-state index contributed by atoms with van der Waals surface area (Å²) in [7, 11) is 0. The molecule has 1 heterocycles. The minimum Gasteiger partial charge on any atom is -0.340 e. The summed E-state index contributed by atoms with van der Waals surface area (Å²) in [4.78, 5) is 11.7. The van der Waals surface area contributed by atoms with Crippen molar-refractivity contribution in [1.29, 1.82) is 0 Å². The number of ether oxygens (including phenoxy) is 2. The fourth-order valence-electron chi connectivity index (χ4n) is 2.34. The van der Waals surface area contributed by atoms with E-state index in [0.717, 1.165) is 5.56 Å². The van der Waals surface area contributed by atoms with Crippen molar-refractivity contribution in [3.05, 3.63) is 29.8 Å². The van der Waals surface area contributed by atoms with Crippen LogP contribution in [0.3, 0.4) is 0 Å². The Morgan fingerprint density at radius 3 is 2.57 bits per heavy atom. The van der Waals surface area contributed by atoms with Crippen LogP contribution >= 0.6 is 11.6 Å². The van der Waals surface area contributed by atoms with E-state index in [0.29, 0.717) is 5.69 Å². The second-order valence-corrected chi connectivity index (χ2v) is 6.75. The molecule has 4 nitrogen and oxygen atoms in total. The van der Waals surface area contributed by atoms with E-state index in [-0.39, 0.29) is 17.6 Å². The number of benzene rings is 1. The number of hydrogen-bond donors (Lipinski definition) is 1. The average Bonchev–Trinajstić information content (AvgIpc) is 2.59. The monoisotopic (exact) mass is 311 g/mol. The largest absolute Gasteiger partial charge is 0.340 e. The van der Waals surface area contributed by atoms with Gasteiger partial charge in [-0.2, -0.15) is 0 Å². The van der Waals surface area contributed by atoms with Crippen LogP contribution < -0.4 is 5.32 Å². The van der Waals surface area contributed by atoms with Gasteiger partial charge in [-0.3, -0.25) is 4.79 Å². The van der Waals surface area contributed by atoms with Gasteiger partial charge in [-0.1, -0.05) is 12.1 Å². The molecule has 0 aliphatic carbocycles. The smallest absolute Gasteiger partial charge is 0.242 e. The zero-order chi connectivity index (χ0) is 15.8. The van der Waals surface area contributed by atoms with E-state index in [1.165, 1.54) is 0 Å². The number of hydrogen-bond acceptors (Lipinski definition) is 3. The van der Waals surface area contributed by atoms with Crippen LogP contribution in [0.5, 0.6) is 0 Å². The highest BCUT2D eigenvalue weighted by molar-refractivity contribution is 6.32. The number of halogens is 1. The number of anilines is 1. The number of carbonyl (C=O) groups excluding carboxylic acids is 1. The lowest BCUT2D eigenvalue weighted by Gasteiger charge is -2.26. The highest BCUT2D eigenvalue weighted by Crippen LogP contribution is 2.43. The fraction of sp³-hybridized carbons (Fsp3) is 0.562. The van der Waals surface area contributed by atoms with E-state index in [1.807, 2.05) is 52.0 Å².